The predicted molar refractivity (Wildman–Crippen MR) is 74.1 cm³/mol. The lowest BCUT2D eigenvalue weighted by Crippen LogP contribution is -2.25. The van der Waals surface area contributed by atoms with E-state index in [4.69, 9.17) is 4.74 Å². The number of hydrogen-bond acceptors (Lipinski definition) is 4. The number of nitrogens with zero attached hydrogens (tertiary/aromatic N) is 3. The average Bonchev–Trinajstić information content (AvgIpc) is 2.80. The van der Waals surface area contributed by atoms with Crippen molar-refractivity contribution in [3.8, 4) is 5.75 Å². The SMILES string of the molecule is CCNC(Cc1ccncc1)c1c(OC)cnn1C. The molecule has 0 fully saturated rings. The number of likely N-dealkylation sites (N-methyl/N-ethyl adjacent to an activating group) is 1. The first-order valence-electron chi connectivity index (χ1n) is 6.44. The number of hydrogen-bond donors (Lipinski definition) is 1. The molecule has 0 aliphatic carbocycles. The fraction of sp³-hybridized carbons (Fsp3) is 0.429. The Morgan fingerprint density at radius 2 is 2.11 bits per heavy atom. The van der Waals surface area contributed by atoms with Crippen LogP contribution in [0.5, 0.6) is 5.75 Å². The summed E-state index contributed by atoms with van der Waals surface area (Å²) in [5, 5.41) is 7.76. The Hall–Kier alpha value is -1.88. The molecule has 1 N–H and O–H groups in total. The Kier molecular flexibility index (Phi) is 4.52. The number of nitrogens with one attached hydrogen (secondary N) is 1. The molecular formula is C14H20N4O. The van der Waals surface area contributed by atoms with Gasteiger partial charge in [-0.3, -0.25) is 9.67 Å². The van der Waals surface area contributed by atoms with E-state index in [0.29, 0.717) is 0 Å². The minimum Gasteiger partial charge on any atom is -0.493 e. The summed E-state index contributed by atoms with van der Waals surface area (Å²) in [4.78, 5) is 4.05. The minimum absolute atomic E-state index is 0.176. The van der Waals surface area contributed by atoms with Gasteiger partial charge in [-0.2, -0.15) is 5.10 Å². The summed E-state index contributed by atoms with van der Waals surface area (Å²) in [7, 11) is 3.62. The Labute approximate surface area is 113 Å². The smallest absolute Gasteiger partial charge is 0.161 e. The largest absolute Gasteiger partial charge is 0.493 e. The van der Waals surface area contributed by atoms with E-state index < -0.39 is 0 Å². The van der Waals surface area contributed by atoms with Crippen LogP contribution in [0.3, 0.4) is 0 Å². The summed E-state index contributed by atoms with van der Waals surface area (Å²) in [6.45, 7) is 2.99. The Morgan fingerprint density at radius 3 is 2.74 bits per heavy atom. The normalized spacial score (nSPS) is 12.4. The molecule has 5 nitrogen and oxygen atoms in total. The van der Waals surface area contributed by atoms with Gasteiger partial charge in [-0.1, -0.05) is 6.92 Å². The summed E-state index contributed by atoms with van der Waals surface area (Å²) in [6.07, 6.45) is 6.27. The van der Waals surface area contributed by atoms with E-state index in [2.05, 4.69) is 22.3 Å². The number of ether oxygens (including phenoxy) is 1. The molecule has 2 aromatic heterocycles. The van der Waals surface area contributed by atoms with Gasteiger partial charge in [0.2, 0.25) is 0 Å². The highest BCUT2D eigenvalue weighted by atomic mass is 16.5. The third-order valence-corrected chi connectivity index (χ3v) is 3.14. The molecule has 0 saturated heterocycles. The lowest BCUT2D eigenvalue weighted by molar-refractivity contribution is 0.394. The molecule has 5 heteroatoms. The van der Waals surface area contributed by atoms with Crippen molar-refractivity contribution in [1.29, 1.82) is 0 Å². The van der Waals surface area contributed by atoms with Crippen LogP contribution in [0.25, 0.3) is 0 Å². The van der Waals surface area contributed by atoms with E-state index in [1.807, 2.05) is 36.3 Å². The van der Waals surface area contributed by atoms with E-state index in [1.54, 1.807) is 13.3 Å². The Bertz CT molecular complexity index is 509. The van der Waals surface area contributed by atoms with Gasteiger partial charge in [0.25, 0.3) is 0 Å². The molecule has 0 bridgehead atoms. The van der Waals surface area contributed by atoms with Crippen molar-refractivity contribution < 1.29 is 4.74 Å². The van der Waals surface area contributed by atoms with E-state index in [1.165, 1.54) is 5.56 Å². The van der Waals surface area contributed by atoms with Gasteiger partial charge in [0.05, 0.1) is 25.0 Å². The van der Waals surface area contributed by atoms with Crippen LogP contribution < -0.4 is 10.1 Å². The highest BCUT2D eigenvalue weighted by Gasteiger charge is 2.20. The Morgan fingerprint density at radius 1 is 1.37 bits per heavy atom. The van der Waals surface area contributed by atoms with Crippen molar-refractivity contribution in [2.24, 2.45) is 7.05 Å². The lowest BCUT2D eigenvalue weighted by atomic mass is 10.0. The zero-order valence-electron chi connectivity index (χ0n) is 11.6. The zero-order valence-corrected chi connectivity index (χ0v) is 11.6. The molecule has 19 heavy (non-hydrogen) atoms. The molecule has 0 spiro atoms. The second kappa shape index (κ2) is 6.33. The van der Waals surface area contributed by atoms with Gasteiger partial charge in [-0.15, -0.1) is 0 Å². The number of aryl methyl sites for hydroxylation is 1. The summed E-state index contributed by atoms with van der Waals surface area (Å²) in [5.74, 6) is 0.822. The van der Waals surface area contributed by atoms with Crippen LogP contribution in [0.1, 0.15) is 24.2 Å². The third kappa shape index (κ3) is 3.12. The van der Waals surface area contributed by atoms with Crippen molar-refractivity contribution in [3.05, 3.63) is 42.0 Å². The van der Waals surface area contributed by atoms with Crippen LogP contribution in [0.15, 0.2) is 30.7 Å². The molecule has 1 unspecified atom stereocenters. The number of rotatable bonds is 6. The van der Waals surface area contributed by atoms with E-state index in [9.17, 15) is 0 Å². The molecule has 0 saturated carbocycles. The average molecular weight is 260 g/mol. The van der Waals surface area contributed by atoms with Crippen molar-refractivity contribution in [1.82, 2.24) is 20.1 Å². The maximum Gasteiger partial charge on any atom is 0.161 e. The molecule has 0 radical (unpaired) electrons. The first kappa shape index (κ1) is 13.5. The van der Waals surface area contributed by atoms with Crippen molar-refractivity contribution in [3.63, 3.8) is 0 Å². The molecule has 0 aliphatic heterocycles. The van der Waals surface area contributed by atoms with Crippen LogP contribution >= 0.6 is 0 Å². The second-order valence-corrected chi connectivity index (χ2v) is 4.39. The van der Waals surface area contributed by atoms with Gasteiger partial charge >= 0.3 is 0 Å². The quantitative estimate of drug-likeness (QED) is 0.859. The van der Waals surface area contributed by atoms with Gasteiger partial charge in [0, 0.05) is 19.4 Å². The summed E-state index contributed by atoms with van der Waals surface area (Å²) < 4.78 is 7.26. The molecule has 0 aliphatic rings. The number of pyridine rings is 1. The molecule has 2 heterocycles. The van der Waals surface area contributed by atoms with Gasteiger partial charge in [0.1, 0.15) is 0 Å². The fourth-order valence-electron chi connectivity index (χ4n) is 2.25. The third-order valence-electron chi connectivity index (χ3n) is 3.14. The molecule has 2 rings (SSSR count). The van der Waals surface area contributed by atoms with Crippen molar-refractivity contribution >= 4 is 0 Å². The Balaban J connectivity index is 2.27. The van der Waals surface area contributed by atoms with Crippen molar-refractivity contribution in [2.75, 3.05) is 13.7 Å². The monoisotopic (exact) mass is 260 g/mol. The molecule has 0 amide bonds. The van der Waals surface area contributed by atoms with Crippen LogP contribution in [-0.2, 0) is 13.5 Å². The van der Waals surface area contributed by atoms with Gasteiger partial charge < -0.3 is 10.1 Å². The summed E-state index contributed by atoms with van der Waals surface area (Å²) in [5.41, 5.74) is 2.31. The minimum atomic E-state index is 0.176. The molecular weight excluding hydrogens is 240 g/mol. The maximum atomic E-state index is 5.40. The highest BCUT2D eigenvalue weighted by Crippen LogP contribution is 2.26. The van der Waals surface area contributed by atoms with E-state index in [0.717, 1.165) is 24.4 Å². The molecule has 2 aromatic rings. The molecule has 102 valence electrons. The lowest BCUT2D eigenvalue weighted by Gasteiger charge is -2.19. The number of aromatic nitrogens is 3. The summed E-state index contributed by atoms with van der Waals surface area (Å²) in [6, 6.07) is 4.25. The number of methoxy groups -OCH3 is 1. The van der Waals surface area contributed by atoms with Crippen LogP contribution in [-0.4, -0.2) is 28.4 Å². The van der Waals surface area contributed by atoms with Crippen LogP contribution in [0, 0.1) is 0 Å². The second-order valence-electron chi connectivity index (χ2n) is 4.39. The summed E-state index contributed by atoms with van der Waals surface area (Å²) >= 11 is 0. The first-order valence-corrected chi connectivity index (χ1v) is 6.44. The molecule has 1 atom stereocenters. The maximum absolute atomic E-state index is 5.40. The molecule has 0 aromatic carbocycles. The van der Waals surface area contributed by atoms with Gasteiger partial charge in [-0.05, 0) is 30.7 Å². The fourth-order valence-corrected chi connectivity index (χ4v) is 2.25. The standard InChI is InChI=1S/C14H20N4O/c1-4-16-12(9-11-5-7-15-8-6-11)14-13(19-3)10-17-18(14)2/h5-8,10,12,16H,4,9H2,1-3H3. The van der Waals surface area contributed by atoms with Gasteiger partial charge in [0.15, 0.2) is 5.75 Å². The van der Waals surface area contributed by atoms with E-state index >= 15 is 0 Å². The topological polar surface area (TPSA) is 52.0 Å². The van der Waals surface area contributed by atoms with Crippen molar-refractivity contribution in [2.45, 2.75) is 19.4 Å². The van der Waals surface area contributed by atoms with E-state index in [-0.39, 0.29) is 6.04 Å². The highest BCUT2D eigenvalue weighted by molar-refractivity contribution is 5.30. The van der Waals surface area contributed by atoms with Crippen LogP contribution in [0.2, 0.25) is 0 Å². The zero-order chi connectivity index (χ0) is 13.7. The van der Waals surface area contributed by atoms with Crippen LogP contribution in [0.4, 0.5) is 0 Å². The predicted octanol–water partition coefficient (Wildman–Crippen LogP) is 1.72. The van der Waals surface area contributed by atoms with Gasteiger partial charge in [-0.25, -0.2) is 0 Å². The first-order chi connectivity index (χ1) is 9.26.